The first-order valence-electron chi connectivity index (χ1n) is 6.28. The van der Waals surface area contributed by atoms with E-state index in [9.17, 15) is 9.59 Å². The number of hydrogen-bond donors (Lipinski definition) is 0. The Hall–Kier alpha value is -1.12. The van der Waals surface area contributed by atoms with Crippen LogP contribution in [0.5, 0.6) is 0 Å². The maximum absolute atomic E-state index is 11.6. The van der Waals surface area contributed by atoms with Crippen molar-refractivity contribution in [1.82, 2.24) is 0 Å². The molecule has 3 heteroatoms. The molecule has 1 rings (SSSR count). The van der Waals surface area contributed by atoms with Crippen LogP contribution in [0.3, 0.4) is 0 Å². The zero-order valence-corrected chi connectivity index (χ0v) is 11.0. The van der Waals surface area contributed by atoms with E-state index in [1.165, 1.54) is 7.11 Å². The zero-order valence-electron chi connectivity index (χ0n) is 11.0. The standard InChI is InChI=1S/C12H20O3.C2H4/c1-3-4-5-10-9(6-7-11(10)13)8-12(14)15-2;1-2/h9-10H,3-8H2,1-2H3;1-2H2/t9-,10+;/m0./s1. The summed E-state index contributed by atoms with van der Waals surface area (Å²) in [7, 11) is 1.40. The Labute approximate surface area is 104 Å². The van der Waals surface area contributed by atoms with Crippen molar-refractivity contribution in [2.24, 2.45) is 11.8 Å². The third-order valence-corrected chi connectivity index (χ3v) is 3.27. The summed E-state index contributed by atoms with van der Waals surface area (Å²) < 4.78 is 4.65. The van der Waals surface area contributed by atoms with Gasteiger partial charge in [-0.1, -0.05) is 19.8 Å². The Kier molecular flexibility index (Phi) is 8.38. The van der Waals surface area contributed by atoms with Gasteiger partial charge in [0.25, 0.3) is 0 Å². The normalized spacial score (nSPS) is 22.8. The highest BCUT2D eigenvalue weighted by molar-refractivity contribution is 5.84. The van der Waals surface area contributed by atoms with Gasteiger partial charge < -0.3 is 4.74 Å². The largest absolute Gasteiger partial charge is 0.469 e. The van der Waals surface area contributed by atoms with Gasteiger partial charge >= 0.3 is 5.97 Å². The smallest absolute Gasteiger partial charge is 0.305 e. The molecule has 1 aliphatic rings. The molecule has 0 bridgehead atoms. The summed E-state index contributed by atoms with van der Waals surface area (Å²) in [4.78, 5) is 22.8. The van der Waals surface area contributed by atoms with Gasteiger partial charge in [0.2, 0.25) is 0 Å². The third-order valence-electron chi connectivity index (χ3n) is 3.27. The van der Waals surface area contributed by atoms with Crippen LogP contribution in [-0.4, -0.2) is 18.9 Å². The summed E-state index contributed by atoms with van der Waals surface area (Å²) in [6.45, 7) is 8.12. The second-order valence-electron chi connectivity index (χ2n) is 4.29. The van der Waals surface area contributed by atoms with E-state index in [2.05, 4.69) is 24.8 Å². The van der Waals surface area contributed by atoms with Crippen LogP contribution in [0.4, 0.5) is 0 Å². The Morgan fingerprint density at radius 2 is 2.12 bits per heavy atom. The molecule has 98 valence electrons. The number of methoxy groups -OCH3 is 1. The molecule has 0 unspecified atom stereocenters. The molecule has 0 aromatic rings. The van der Waals surface area contributed by atoms with Crippen LogP contribution in [0, 0.1) is 11.8 Å². The number of rotatable bonds is 5. The highest BCUT2D eigenvalue weighted by Crippen LogP contribution is 2.34. The second-order valence-corrected chi connectivity index (χ2v) is 4.29. The molecule has 0 aromatic carbocycles. The van der Waals surface area contributed by atoms with E-state index in [0.717, 1.165) is 25.7 Å². The van der Waals surface area contributed by atoms with E-state index in [-0.39, 0.29) is 17.8 Å². The quantitative estimate of drug-likeness (QED) is 0.547. The van der Waals surface area contributed by atoms with Crippen LogP contribution < -0.4 is 0 Å². The minimum Gasteiger partial charge on any atom is -0.469 e. The lowest BCUT2D eigenvalue weighted by Gasteiger charge is -2.16. The van der Waals surface area contributed by atoms with Crippen LogP contribution in [-0.2, 0) is 14.3 Å². The maximum Gasteiger partial charge on any atom is 0.305 e. The van der Waals surface area contributed by atoms with E-state index in [4.69, 9.17) is 0 Å². The predicted octanol–water partition coefficient (Wildman–Crippen LogP) is 3.14. The van der Waals surface area contributed by atoms with E-state index in [1.54, 1.807) is 0 Å². The number of carbonyl (C=O) groups excluding carboxylic acids is 2. The van der Waals surface area contributed by atoms with Crippen LogP contribution in [0.15, 0.2) is 13.2 Å². The molecule has 0 heterocycles. The number of esters is 1. The van der Waals surface area contributed by atoms with Gasteiger partial charge in [0.15, 0.2) is 0 Å². The van der Waals surface area contributed by atoms with Crippen molar-refractivity contribution < 1.29 is 14.3 Å². The maximum atomic E-state index is 11.6. The summed E-state index contributed by atoms with van der Waals surface area (Å²) in [6.07, 6.45) is 5.05. The molecule has 0 radical (unpaired) electrons. The zero-order chi connectivity index (χ0) is 13.3. The number of carbonyl (C=O) groups is 2. The van der Waals surface area contributed by atoms with E-state index in [0.29, 0.717) is 18.6 Å². The average Bonchev–Trinajstić information content (AvgIpc) is 2.70. The van der Waals surface area contributed by atoms with Gasteiger partial charge in [0.1, 0.15) is 5.78 Å². The van der Waals surface area contributed by atoms with Crippen molar-refractivity contribution in [2.75, 3.05) is 7.11 Å². The third kappa shape index (κ3) is 5.16. The number of ether oxygens (including phenoxy) is 1. The molecule has 3 nitrogen and oxygen atoms in total. The highest BCUT2D eigenvalue weighted by atomic mass is 16.5. The van der Waals surface area contributed by atoms with Crippen molar-refractivity contribution in [1.29, 1.82) is 0 Å². The SMILES string of the molecule is C=C.CCCC[C@H]1C(=O)CC[C@H]1CC(=O)OC. The van der Waals surface area contributed by atoms with Crippen molar-refractivity contribution in [2.45, 2.75) is 45.4 Å². The predicted molar refractivity (Wildman–Crippen MR) is 68.6 cm³/mol. The molecule has 1 fully saturated rings. The number of unbranched alkanes of at least 4 members (excludes halogenated alkanes) is 1. The number of ketones is 1. The lowest BCUT2D eigenvalue weighted by molar-refractivity contribution is -0.142. The first-order valence-corrected chi connectivity index (χ1v) is 6.28. The Bertz CT molecular complexity index is 248. The summed E-state index contributed by atoms with van der Waals surface area (Å²) in [5.74, 6) is 0.508. The van der Waals surface area contributed by atoms with Gasteiger partial charge in [0, 0.05) is 18.8 Å². The number of Topliss-reactive ketones (excluding diaryl/α,β-unsaturated/α-hetero) is 1. The Morgan fingerprint density at radius 1 is 1.47 bits per heavy atom. The van der Waals surface area contributed by atoms with Crippen molar-refractivity contribution in [3.8, 4) is 0 Å². The van der Waals surface area contributed by atoms with Crippen molar-refractivity contribution >= 4 is 11.8 Å². The van der Waals surface area contributed by atoms with Gasteiger partial charge in [-0.3, -0.25) is 9.59 Å². The van der Waals surface area contributed by atoms with E-state index < -0.39 is 0 Å². The van der Waals surface area contributed by atoms with Gasteiger partial charge in [-0.15, -0.1) is 13.2 Å². The van der Waals surface area contributed by atoms with Crippen molar-refractivity contribution in [3.05, 3.63) is 13.2 Å². The molecule has 0 saturated heterocycles. The minimum atomic E-state index is -0.184. The average molecular weight is 240 g/mol. The lowest BCUT2D eigenvalue weighted by Crippen LogP contribution is -2.18. The summed E-state index contributed by atoms with van der Waals surface area (Å²) in [5.41, 5.74) is 0. The molecule has 0 amide bonds. The molecule has 0 aromatic heterocycles. The topological polar surface area (TPSA) is 43.4 Å². The van der Waals surface area contributed by atoms with Crippen LogP contribution in [0.1, 0.15) is 45.4 Å². The van der Waals surface area contributed by atoms with Crippen LogP contribution in [0.25, 0.3) is 0 Å². The molecule has 0 aliphatic heterocycles. The molecule has 17 heavy (non-hydrogen) atoms. The molecule has 0 spiro atoms. The Morgan fingerprint density at radius 3 is 2.65 bits per heavy atom. The molecular weight excluding hydrogens is 216 g/mol. The fourth-order valence-electron chi connectivity index (χ4n) is 2.34. The number of hydrogen-bond acceptors (Lipinski definition) is 3. The van der Waals surface area contributed by atoms with Crippen LogP contribution >= 0.6 is 0 Å². The molecule has 1 saturated carbocycles. The summed E-state index contributed by atoms with van der Waals surface area (Å²) in [6, 6.07) is 0. The summed E-state index contributed by atoms with van der Waals surface area (Å²) >= 11 is 0. The van der Waals surface area contributed by atoms with Crippen molar-refractivity contribution in [3.63, 3.8) is 0 Å². The van der Waals surface area contributed by atoms with Gasteiger partial charge in [-0.2, -0.15) is 0 Å². The monoisotopic (exact) mass is 240 g/mol. The first-order chi connectivity index (χ1) is 8.19. The van der Waals surface area contributed by atoms with Crippen LogP contribution in [0.2, 0.25) is 0 Å². The second kappa shape index (κ2) is 8.97. The Balaban J connectivity index is 0.00000121. The molecule has 0 N–H and O–H groups in total. The van der Waals surface area contributed by atoms with E-state index >= 15 is 0 Å². The van der Waals surface area contributed by atoms with Gasteiger partial charge in [-0.25, -0.2) is 0 Å². The fraction of sp³-hybridized carbons (Fsp3) is 0.714. The fourth-order valence-corrected chi connectivity index (χ4v) is 2.34. The summed E-state index contributed by atoms with van der Waals surface area (Å²) in [5, 5.41) is 0. The first kappa shape index (κ1) is 15.9. The highest BCUT2D eigenvalue weighted by Gasteiger charge is 2.35. The lowest BCUT2D eigenvalue weighted by atomic mass is 9.88. The molecular formula is C14H24O3. The minimum absolute atomic E-state index is 0.115. The molecule has 2 atom stereocenters. The van der Waals surface area contributed by atoms with Gasteiger partial charge in [0.05, 0.1) is 7.11 Å². The van der Waals surface area contributed by atoms with E-state index in [1.807, 2.05) is 0 Å². The molecule has 1 aliphatic carbocycles. The van der Waals surface area contributed by atoms with Gasteiger partial charge in [-0.05, 0) is 18.8 Å².